The van der Waals surface area contributed by atoms with Crippen molar-refractivity contribution in [3.05, 3.63) is 35.9 Å². The van der Waals surface area contributed by atoms with E-state index in [-0.39, 0.29) is 49.8 Å². The number of hydrogen-bond donors (Lipinski definition) is 2. The van der Waals surface area contributed by atoms with Crippen molar-refractivity contribution in [2.75, 3.05) is 13.1 Å². The van der Waals surface area contributed by atoms with Gasteiger partial charge in [-0.1, -0.05) is 30.3 Å². The highest BCUT2D eigenvalue weighted by atomic mass is 16.5. The summed E-state index contributed by atoms with van der Waals surface area (Å²) >= 11 is 0. The lowest BCUT2D eigenvalue weighted by molar-refractivity contribution is -0.147. The summed E-state index contributed by atoms with van der Waals surface area (Å²) in [6.07, 6.45) is 0.178. The Morgan fingerprint density at radius 1 is 1.05 bits per heavy atom. The number of carbonyl (C=O) groups excluding carboxylic acids is 3. The molecule has 0 aliphatic rings. The topological polar surface area (TPSA) is 84.5 Å². The van der Waals surface area contributed by atoms with Gasteiger partial charge in [0.05, 0.1) is 25.5 Å². The van der Waals surface area contributed by atoms with Crippen LogP contribution in [0.4, 0.5) is 0 Å². The van der Waals surface area contributed by atoms with Gasteiger partial charge in [0, 0.05) is 6.54 Å². The van der Waals surface area contributed by atoms with E-state index in [1.54, 1.807) is 13.8 Å². The van der Waals surface area contributed by atoms with Gasteiger partial charge in [-0.3, -0.25) is 14.4 Å². The van der Waals surface area contributed by atoms with Gasteiger partial charge in [-0.15, -0.1) is 0 Å². The van der Waals surface area contributed by atoms with Gasteiger partial charge in [0.1, 0.15) is 0 Å². The predicted octanol–water partition coefficient (Wildman–Crippen LogP) is 0.803. The van der Waals surface area contributed by atoms with Crippen LogP contribution in [-0.2, 0) is 25.5 Å². The monoisotopic (exact) mass is 306 g/mol. The van der Waals surface area contributed by atoms with Crippen LogP contribution < -0.4 is 10.6 Å². The fourth-order valence-electron chi connectivity index (χ4n) is 1.71. The van der Waals surface area contributed by atoms with E-state index >= 15 is 0 Å². The highest BCUT2D eigenvalue weighted by Crippen LogP contribution is 1.98. The average Bonchev–Trinajstić information content (AvgIpc) is 2.45. The summed E-state index contributed by atoms with van der Waals surface area (Å²) in [6, 6.07) is 9.27. The molecule has 22 heavy (non-hydrogen) atoms. The van der Waals surface area contributed by atoms with Crippen molar-refractivity contribution in [3.8, 4) is 0 Å². The molecule has 0 saturated heterocycles. The maximum Gasteiger partial charge on any atom is 0.307 e. The van der Waals surface area contributed by atoms with E-state index < -0.39 is 0 Å². The molecule has 0 saturated carbocycles. The first-order valence-electron chi connectivity index (χ1n) is 7.24. The van der Waals surface area contributed by atoms with Crippen LogP contribution in [-0.4, -0.2) is 37.0 Å². The number of amides is 2. The SMILES string of the molecule is CC(C)OC(=O)CCNC(=O)CNC(=O)Cc1ccccc1. The summed E-state index contributed by atoms with van der Waals surface area (Å²) in [5.41, 5.74) is 0.886. The quantitative estimate of drug-likeness (QED) is 0.696. The molecule has 0 heterocycles. The number of hydrogen-bond acceptors (Lipinski definition) is 4. The van der Waals surface area contributed by atoms with Crippen LogP contribution in [0.2, 0.25) is 0 Å². The van der Waals surface area contributed by atoms with Crippen LogP contribution in [0, 0.1) is 0 Å². The van der Waals surface area contributed by atoms with Crippen LogP contribution in [0.15, 0.2) is 30.3 Å². The number of ether oxygens (including phenoxy) is 1. The first kappa shape index (κ1) is 17.7. The Bertz CT molecular complexity index is 500. The van der Waals surface area contributed by atoms with Crippen molar-refractivity contribution in [1.82, 2.24) is 10.6 Å². The van der Waals surface area contributed by atoms with Gasteiger partial charge in [0.15, 0.2) is 0 Å². The first-order valence-corrected chi connectivity index (χ1v) is 7.24. The van der Waals surface area contributed by atoms with Crippen molar-refractivity contribution in [2.24, 2.45) is 0 Å². The molecule has 1 aromatic carbocycles. The molecular weight excluding hydrogens is 284 g/mol. The number of rotatable bonds is 8. The molecule has 0 aliphatic heterocycles. The molecule has 1 aromatic rings. The standard InChI is InChI=1S/C16H22N2O4/c1-12(2)22-16(21)8-9-17-15(20)11-18-14(19)10-13-6-4-3-5-7-13/h3-7,12H,8-11H2,1-2H3,(H,17,20)(H,18,19). The van der Waals surface area contributed by atoms with Gasteiger partial charge < -0.3 is 15.4 Å². The Morgan fingerprint density at radius 3 is 2.36 bits per heavy atom. The van der Waals surface area contributed by atoms with Gasteiger partial charge >= 0.3 is 5.97 Å². The molecule has 0 atom stereocenters. The molecule has 0 spiro atoms. The lowest BCUT2D eigenvalue weighted by atomic mass is 10.1. The minimum atomic E-state index is -0.358. The summed E-state index contributed by atoms with van der Waals surface area (Å²) < 4.78 is 4.94. The van der Waals surface area contributed by atoms with Crippen molar-refractivity contribution < 1.29 is 19.1 Å². The van der Waals surface area contributed by atoms with Crippen LogP contribution in [0.3, 0.4) is 0 Å². The third-order valence-electron chi connectivity index (χ3n) is 2.67. The normalized spacial score (nSPS) is 10.1. The first-order chi connectivity index (χ1) is 10.5. The molecule has 0 aromatic heterocycles. The molecule has 0 fully saturated rings. The summed E-state index contributed by atoms with van der Waals surface area (Å²) in [7, 11) is 0. The lowest BCUT2D eigenvalue weighted by Crippen LogP contribution is -2.38. The molecule has 1 rings (SSSR count). The number of nitrogens with one attached hydrogen (secondary N) is 2. The van der Waals surface area contributed by atoms with Gasteiger partial charge in [-0.2, -0.15) is 0 Å². The Morgan fingerprint density at radius 2 is 1.73 bits per heavy atom. The van der Waals surface area contributed by atoms with Crippen LogP contribution >= 0.6 is 0 Å². The second-order valence-corrected chi connectivity index (χ2v) is 5.08. The van der Waals surface area contributed by atoms with Crippen molar-refractivity contribution >= 4 is 17.8 Å². The fraction of sp³-hybridized carbons (Fsp3) is 0.438. The molecule has 2 amide bonds. The van der Waals surface area contributed by atoms with Gasteiger partial charge in [-0.05, 0) is 19.4 Å². The summed E-state index contributed by atoms with van der Waals surface area (Å²) in [6.45, 7) is 3.61. The zero-order valence-corrected chi connectivity index (χ0v) is 12.9. The minimum absolute atomic E-state index is 0.106. The van der Waals surface area contributed by atoms with Crippen LogP contribution in [0.25, 0.3) is 0 Å². The summed E-state index contributed by atoms with van der Waals surface area (Å²) in [5.74, 6) is -0.914. The van der Waals surface area contributed by atoms with Crippen molar-refractivity contribution in [1.29, 1.82) is 0 Å². The molecule has 0 unspecified atom stereocenters. The average molecular weight is 306 g/mol. The van der Waals surface area contributed by atoms with Crippen molar-refractivity contribution in [3.63, 3.8) is 0 Å². The van der Waals surface area contributed by atoms with E-state index in [0.717, 1.165) is 5.56 Å². The number of esters is 1. The lowest BCUT2D eigenvalue weighted by Gasteiger charge is -2.09. The molecule has 0 aliphatic carbocycles. The number of carbonyl (C=O) groups is 3. The number of benzene rings is 1. The second kappa shape index (κ2) is 9.55. The van der Waals surface area contributed by atoms with E-state index in [1.165, 1.54) is 0 Å². The largest absolute Gasteiger partial charge is 0.463 e. The third-order valence-corrected chi connectivity index (χ3v) is 2.67. The maximum absolute atomic E-state index is 11.7. The Hall–Kier alpha value is -2.37. The van der Waals surface area contributed by atoms with Crippen molar-refractivity contribution in [2.45, 2.75) is 32.8 Å². The third kappa shape index (κ3) is 8.04. The highest BCUT2D eigenvalue weighted by Gasteiger charge is 2.08. The molecule has 0 radical (unpaired) electrons. The van der Waals surface area contributed by atoms with E-state index in [9.17, 15) is 14.4 Å². The van der Waals surface area contributed by atoms with Gasteiger partial charge in [0.25, 0.3) is 0 Å². The molecule has 6 nitrogen and oxygen atoms in total. The molecule has 6 heteroatoms. The van der Waals surface area contributed by atoms with Crippen LogP contribution in [0.5, 0.6) is 0 Å². The fourth-order valence-corrected chi connectivity index (χ4v) is 1.71. The summed E-state index contributed by atoms with van der Waals surface area (Å²) in [5, 5.41) is 5.09. The molecular formula is C16H22N2O4. The molecule has 120 valence electrons. The Kier molecular flexibility index (Phi) is 7.67. The maximum atomic E-state index is 11.7. The molecule has 2 N–H and O–H groups in total. The van der Waals surface area contributed by atoms with E-state index in [0.29, 0.717) is 0 Å². The smallest absolute Gasteiger partial charge is 0.307 e. The van der Waals surface area contributed by atoms with Crippen LogP contribution in [0.1, 0.15) is 25.8 Å². The predicted molar refractivity (Wildman–Crippen MR) is 82.0 cm³/mol. The molecule has 0 bridgehead atoms. The Balaban J connectivity index is 2.15. The van der Waals surface area contributed by atoms with E-state index in [4.69, 9.17) is 4.74 Å². The van der Waals surface area contributed by atoms with Gasteiger partial charge in [-0.25, -0.2) is 0 Å². The zero-order valence-electron chi connectivity index (χ0n) is 12.9. The second-order valence-electron chi connectivity index (χ2n) is 5.08. The summed E-state index contributed by atoms with van der Waals surface area (Å²) in [4.78, 5) is 34.4. The zero-order chi connectivity index (χ0) is 16.4. The van der Waals surface area contributed by atoms with E-state index in [1.807, 2.05) is 30.3 Å². The van der Waals surface area contributed by atoms with E-state index in [2.05, 4.69) is 10.6 Å². The Labute approximate surface area is 130 Å². The van der Waals surface area contributed by atoms with Gasteiger partial charge in [0.2, 0.25) is 11.8 Å². The minimum Gasteiger partial charge on any atom is -0.463 e. The highest BCUT2D eigenvalue weighted by molar-refractivity contribution is 5.85.